The van der Waals surface area contributed by atoms with Crippen LogP contribution < -0.4 is 17.1 Å². The molecule has 0 fully saturated rings. The summed E-state index contributed by atoms with van der Waals surface area (Å²) in [4.78, 5) is 15.8. The lowest BCUT2D eigenvalue weighted by molar-refractivity contribution is 0.199. The molecule has 1 heterocycles. The molecule has 0 unspecified atom stereocenters. The molecule has 0 aliphatic rings. The largest absolute Gasteiger partial charge is 0.507 e. The van der Waals surface area contributed by atoms with Gasteiger partial charge in [0.05, 0.1) is 10.9 Å². The molecule has 3 aromatic rings. The Morgan fingerprint density at radius 3 is 2.11 bits per heavy atom. The predicted molar refractivity (Wildman–Crippen MR) is 151 cm³/mol. The van der Waals surface area contributed by atoms with E-state index in [1.54, 1.807) is 24.3 Å². The van der Waals surface area contributed by atoms with Crippen LogP contribution in [0, 0.1) is 17.8 Å². The second kappa shape index (κ2) is 12.5. The summed E-state index contributed by atoms with van der Waals surface area (Å²) in [5, 5.41) is 20.2. The maximum absolute atomic E-state index is 13.5. The standard InChI is InChI=1S/C29H39N5O3/c1-18(2)15-34(16-19(3)4)17-23(20(5)32-33-29(30)31)25(21-11-7-6-8-12-21)26-27(35)22-13-9-10-14-24(22)37-28(26)36/h6-14,18-19,23,25,35H,15-17H2,1-5H3,(H4,30,31,33)/b32-20-/t23-,25-/m1/s1. The fourth-order valence-corrected chi connectivity index (χ4v) is 4.91. The third-order valence-electron chi connectivity index (χ3n) is 6.25. The zero-order chi connectivity index (χ0) is 27.1. The number of benzene rings is 2. The van der Waals surface area contributed by atoms with Gasteiger partial charge < -0.3 is 25.9 Å². The molecule has 0 amide bonds. The van der Waals surface area contributed by atoms with E-state index >= 15 is 0 Å². The van der Waals surface area contributed by atoms with Gasteiger partial charge in [0.1, 0.15) is 11.3 Å². The zero-order valence-corrected chi connectivity index (χ0v) is 22.4. The third-order valence-corrected chi connectivity index (χ3v) is 6.25. The first-order valence-corrected chi connectivity index (χ1v) is 12.7. The highest BCUT2D eigenvalue weighted by molar-refractivity contribution is 5.89. The molecular formula is C29H39N5O3. The average Bonchev–Trinajstić information content (AvgIpc) is 2.83. The number of guanidine groups is 1. The highest BCUT2D eigenvalue weighted by Crippen LogP contribution is 2.39. The van der Waals surface area contributed by atoms with Crippen LogP contribution in [0.1, 0.15) is 51.7 Å². The molecule has 1 aromatic heterocycles. The van der Waals surface area contributed by atoms with Gasteiger partial charge in [-0.2, -0.15) is 5.10 Å². The number of hydrogen-bond donors (Lipinski definition) is 3. The molecule has 5 N–H and O–H groups in total. The first-order chi connectivity index (χ1) is 17.6. The topological polar surface area (TPSA) is 130 Å². The van der Waals surface area contributed by atoms with Gasteiger partial charge in [0.15, 0.2) is 0 Å². The highest BCUT2D eigenvalue weighted by Gasteiger charge is 2.35. The van der Waals surface area contributed by atoms with Gasteiger partial charge in [0.25, 0.3) is 0 Å². The van der Waals surface area contributed by atoms with Crippen LogP contribution in [0.25, 0.3) is 11.0 Å². The van der Waals surface area contributed by atoms with Gasteiger partial charge in [0, 0.05) is 37.2 Å². The Bertz CT molecular complexity index is 1280. The SMILES string of the molecule is C/C(=N/N=C(N)N)[C@@H](CN(CC(C)C)CC(C)C)[C@@H](c1ccccc1)c1c(O)c2ccccc2oc1=O. The second-order valence-corrected chi connectivity index (χ2v) is 10.4. The molecule has 0 aliphatic carbocycles. The molecule has 0 spiro atoms. The average molecular weight is 506 g/mol. The van der Waals surface area contributed by atoms with Gasteiger partial charge in [0.2, 0.25) is 5.96 Å². The molecule has 8 nitrogen and oxygen atoms in total. The van der Waals surface area contributed by atoms with Crippen molar-refractivity contribution >= 4 is 22.6 Å². The third kappa shape index (κ3) is 7.20. The van der Waals surface area contributed by atoms with Crippen molar-refractivity contribution in [1.82, 2.24) is 4.90 Å². The van der Waals surface area contributed by atoms with Crippen LogP contribution in [-0.2, 0) is 0 Å². The zero-order valence-electron chi connectivity index (χ0n) is 22.4. The van der Waals surface area contributed by atoms with Crippen LogP contribution in [0.3, 0.4) is 0 Å². The van der Waals surface area contributed by atoms with Crippen LogP contribution in [0.4, 0.5) is 0 Å². The van der Waals surface area contributed by atoms with Gasteiger partial charge in [-0.3, -0.25) is 0 Å². The van der Waals surface area contributed by atoms with Crippen molar-refractivity contribution in [3.63, 3.8) is 0 Å². The van der Waals surface area contributed by atoms with Gasteiger partial charge in [-0.25, -0.2) is 4.79 Å². The van der Waals surface area contributed by atoms with E-state index in [-0.39, 0.29) is 23.2 Å². The van der Waals surface area contributed by atoms with Crippen molar-refractivity contribution < 1.29 is 9.52 Å². The molecule has 0 saturated heterocycles. The Kier molecular flexibility index (Phi) is 9.47. The maximum atomic E-state index is 13.5. The van der Waals surface area contributed by atoms with E-state index in [2.05, 4.69) is 42.8 Å². The van der Waals surface area contributed by atoms with Gasteiger partial charge in [-0.1, -0.05) is 70.2 Å². The van der Waals surface area contributed by atoms with Crippen LogP contribution >= 0.6 is 0 Å². The summed E-state index contributed by atoms with van der Waals surface area (Å²) in [6.45, 7) is 12.9. The van der Waals surface area contributed by atoms with Crippen LogP contribution in [-0.4, -0.2) is 41.3 Å². The van der Waals surface area contributed by atoms with Gasteiger partial charge in [-0.05, 0) is 36.5 Å². The lowest BCUT2D eigenvalue weighted by Gasteiger charge is -2.34. The quantitative estimate of drug-likeness (QED) is 0.152. The predicted octanol–water partition coefficient (Wildman–Crippen LogP) is 4.51. The fourth-order valence-electron chi connectivity index (χ4n) is 4.91. The Hall–Kier alpha value is -3.65. The molecule has 0 radical (unpaired) electrons. The number of fused-ring (bicyclic) bond motifs is 1. The van der Waals surface area contributed by atoms with Gasteiger partial charge >= 0.3 is 5.63 Å². The minimum Gasteiger partial charge on any atom is -0.507 e. The van der Waals surface area contributed by atoms with E-state index in [0.29, 0.717) is 35.1 Å². The molecule has 3 rings (SSSR count). The smallest absolute Gasteiger partial charge is 0.343 e. The Labute approximate surface area is 218 Å². The van der Waals surface area contributed by atoms with E-state index < -0.39 is 11.5 Å². The summed E-state index contributed by atoms with van der Waals surface area (Å²) < 4.78 is 5.70. The van der Waals surface area contributed by atoms with Crippen molar-refractivity contribution in [3.05, 3.63) is 76.1 Å². The molecule has 2 aromatic carbocycles. The minimum atomic E-state index is -0.580. The monoisotopic (exact) mass is 505 g/mol. The van der Waals surface area contributed by atoms with E-state index in [4.69, 9.17) is 15.9 Å². The minimum absolute atomic E-state index is 0.0837. The van der Waals surface area contributed by atoms with Crippen molar-refractivity contribution in [1.29, 1.82) is 0 Å². The van der Waals surface area contributed by atoms with Gasteiger partial charge in [-0.15, -0.1) is 5.10 Å². The molecule has 37 heavy (non-hydrogen) atoms. The number of aromatic hydroxyl groups is 1. The van der Waals surface area contributed by atoms with Crippen LogP contribution in [0.5, 0.6) is 5.75 Å². The summed E-state index contributed by atoms with van der Waals surface area (Å²) in [5.74, 6) is -0.254. The lowest BCUT2D eigenvalue weighted by Crippen LogP contribution is -2.40. The summed E-state index contributed by atoms with van der Waals surface area (Å²) in [5.41, 5.74) is 12.6. The van der Waals surface area contributed by atoms with E-state index in [9.17, 15) is 9.90 Å². The molecule has 8 heteroatoms. The number of rotatable bonds is 11. The van der Waals surface area contributed by atoms with E-state index in [0.717, 1.165) is 18.7 Å². The summed E-state index contributed by atoms with van der Waals surface area (Å²) in [6.07, 6.45) is 0. The summed E-state index contributed by atoms with van der Waals surface area (Å²) in [7, 11) is 0. The number of nitrogens with two attached hydrogens (primary N) is 2. The van der Waals surface area contributed by atoms with Crippen molar-refractivity contribution in [3.8, 4) is 5.75 Å². The summed E-state index contributed by atoms with van der Waals surface area (Å²) in [6, 6.07) is 16.7. The number of para-hydroxylation sites is 1. The number of nitrogens with zero attached hydrogens (tertiary/aromatic N) is 3. The molecule has 0 saturated carbocycles. The molecule has 198 valence electrons. The Morgan fingerprint density at radius 2 is 1.51 bits per heavy atom. The maximum Gasteiger partial charge on any atom is 0.343 e. The molecule has 0 aliphatic heterocycles. The second-order valence-electron chi connectivity index (χ2n) is 10.4. The molecule has 2 atom stereocenters. The van der Waals surface area contributed by atoms with Crippen LogP contribution in [0.2, 0.25) is 0 Å². The first-order valence-electron chi connectivity index (χ1n) is 12.7. The summed E-state index contributed by atoms with van der Waals surface area (Å²) >= 11 is 0. The first kappa shape index (κ1) is 27.9. The fraction of sp³-hybridized carbons (Fsp3) is 0.414. The number of hydrogen-bond acceptors (Lipinski definition) is 6. The normalized spacial score (nSPS) is 13.9. The van der Waals surface area contributed by atoms with Crippen molar-refractivity contribution in [2.24, 2.45) is 39.4 Å². The van der Waals surface area contributed by atoms with E-state index in [1.165, 1.54) is 0 Å². The highest BCUT2D eigenvalue weighted by atomic mass is 16.4. The molecule has 0 bridgehead atoms. The van der Waals surface area contributed by atoms with Crippen molar-refractivity contribution in [2.75, 3.05) is 19.6 Å². The lowest BCUT2D eigenvalue weighted by atomic mass is 9.78. The van der Waals surface area contributed by atoms with Crippen molar-refractivity contribution in [2.45, 2.75) is 40.5 Å². The van der Waals surface area contributed by atoms with E-state index in [1.807, 2.05) is 37.3 Å². The van der Waals surface area contributed by atoms with Crippen LogP contribution in [0.15, 0.2) is 74.0 Å². The molecular weight excluding hydrogens is 466 g/mol. The Morgan fingerprint density at radius 1 is 0.919 bits per heavy atom. The Balaban J connectivity index is 2.28.